The third-order valence-electron chi connectivity index (χ3n) is 13.0. The summed E-state index contributed by atoms with van der Waals surface area (Å²) in [5, 5.41) is 0. The van der Waals surface area contributed by atoms with Crippen molar-refractivity contribution in [2.24, 2.45) is 0 Å². The molecule has 1 atom stereocenters. The van der Waals surface area contributed by atoms with E-state index in [2.05, 4.69) is 57.2 Å². The highest BCUT2D eigenvalue weighted by Gasteiger charge is 2.19. The van der Waals surface area contributed by atoms with Crippen LogP contribution in [0.5, 0.6) is 0 Å². The quantitative estimate of drug-likeness (QED) is 0.0261. The maximum absolute atomic E-state index is 12.9. The molecule has 0 saturated carbocycles. The van der Waals surface area contributed by atoms with Crippen LogP contribution >= 0.6 is 0 Å². The van der Waals surface area contributed by atoms with Gasteiger partial charge in [0, 0.05) is 19.3 Å². The largest absolute Gasteiger partial charge is 0.462 e. The van der Waals surface area contributed by atoms with Crippen LogP contribution in [0.2, 0.25) is 0 Å². The fourth-order valence-corrected chi connectivity index (χ4v) is 8.47. The van der Waals surface area contributed by atoms with Crippen molar-refractivity contribution in [3.05, 3.63) is 97.2 Å². The van der Waals surface area contributed by atoms with Gasteiger partial charge in [0.25, 0.3) is 0 Å². The van der Waals surface area contributed by atoms with Crippen LogP contribution in [0.25, 0.3) is 0 Å². The van der Waals surface area contributed by atoms with Gasteiger partial charge >= 0.3 is 17.9 Å². The van der Waals surface area contributed by atoms with Crippen molar-refractivity contribution >= 4 is 17.9 Å². The number of esters is 3. The summed E-state index contributed by atoms with van der Waals surface area (Å²) in [6.45, 7) is 6.46. The summed E-state index contributed by atoms with van der Waals surface area (Å²) < 4.78 is 16.9. The number of unbranched alkanes of at least 4 members (excludes halogenated alkanes) is 33. The SMILES string of the molecule is CC\C=C/C=C\C=C/C=C\C=C\C=C/CCCCCC(=O)OCC(COC(=O)CCCCCCCCCCCC/C=C\C=C/CCCCC)OC(=O)CCCCCCCCCCCCCCCCCCCC. The molecule has 0 aromatic rings. The van der Waals surface area contributed by atoms with E-state index in [1.807, 2.05) is 60.8 Å². The molecule has 0 radical (unpaired) electrons. The van der Waals surface area contributed by atoms with Crippen molar-refractivity contribution in [3.8, 4) is 0 Å². The minimum Gasteiger partial charge on any atom is -0.462 e. The molecular formula is C66H112O6. The second kappa shape index (κ2) is 59.9. The molecule has 0 rings (SSSR count). The van der Waals surface area contributed by atoms with Crippen LogP contribution in [-0.2, 0) is 28.6 Å². The molecule has 0 amide bonds. The van der Waals surface area contributed by atoms with Gasteiger partial charge in [0.05, 0.1) is 0 Å². The number of rotatable bonds is 54. The molecule has 0 aliphatic heterocycles. The third-order valence-corrected chi connectivity index (χ3v) is 13.0. The summed E-state index contributed by atoms with van der Waals surface area (Å²) >= 11 is 0. The maximum atomic E-state index is 12.9. The highest BCUT2D eigenvalue weighted by atomic mass is 16.6. The number of ether oxygens (including phenoxy) is 3. The maximum Gasteiger partial charge on any atom is 0.306 e. The Morgan fingerprint density at radius 1 is 0.292 bits per heavy atom. The standard InChI is InChI=1S/C66H112O6/c1-4-7-10-13-16-19-22-25-28-31-33-36-38-41-44-47-50-53-56-59-65(68)71-62-63(61-70-64(67)58-55-52-49-46-43-40-37-34-30-27-24-21-18-15-12-9-6-3)72-66(69)60-57-54-51-48-45-42-39-35-32-29-26-23-20-17-14-11-8-5-2/h9,12,15-16,18-19,21-22,24-25,27,30,34,37,40,43,63H,4-8,10-11,13-14,17,20,23,26,28-29,31-33,35-36,38-39,41-42,44-62H2,1-3H3/b12-9-,18-15-,19-16-,24-21-,25-22-,30-27-,37-34+,43-40-. The molecule has 6 nitrogen and oxygen atoms in total. The molecule has 0 aliphatic carbocycles. The van der Waals surface area contributed by atoms with Crippen molar-refractivity contribution in [2.75, 3.05) is 13.2 Å². The van der Waals surface area contributed by atoms with Crippen LogP contribution in [0.3, 0.4) is 0 Å². The minimum absolute atomic E-state index is 0.0923. The summed E-state index contributed by atoms with van der Waals surface area (Å²) in [4.78, 5) is 38.3. The lowest BCUT2D eigenvalue weighted by atomic mass is 10.0. The molecular weight excluding hydrogens is 889 g/mol. The van der Waals surface area contributed by atoms with Crippen LogP contribution in [-0.4, -0.2) is 37.2 Å². The van der Waals surface area contributed by atoms with Crippen LogP contribution in [0, 0.1) is 0 Å². The fraction of sp³-hybridized carbons (Fsp3) is 0.712. The molecule has 0 aliphatic rings. The van der Waals surface area contributed by atoms with Crippen molar-refractivity contribution in [3.63, 3.8) is 0 Å². The lowest BCUT2D eigenvalue weighted by Crippen LogP contribution is -2.30. The first kappa shape index (κ1) is 68.3. The van der Waals surface area contributed by atoms with Crippen LogP contribution in [0.4, 0.5) is 0 Å². The van der Waals surface area contributed by atoms with Gasteiger partial charge in [0.15, 0.2) is 6.10 Å². The highest BCUT2D eigenvalue weighted by Crippen LogP contribution is 2.17. The summed E-state index contributed by atoms with van der Waals surface area (Å²) in [5.41, 5.74) is 0. The number of hydrogen-bond donors (Lipinski definition) is 0. The molecule has 0 N–H and O–H groups in total. The zero-order valence-corrected chi connectivity index (χ0v) is 47.2. The van der Waals surface area contributed by atoms with Crippen LogP contribution in [0.15, 0.2) is 97.2 Å². The van der Waals surface area contributed by atoms with Gasteiger partial charge in [0.1, 0.15) is 13.2 Å². The van der Waals surface area contributed by atoms with E-state index in [1.165, 1.54) is 173 Å². The van der Waals surface area contributed by atoms with Gasteiger partial charge in [-0.25, -0.2) is 0 Å². The third kappa shape index (κ3) is 57.2. The first-order chi connectivity index (χ1) is 35.5. The number of carbonyl (C=O) groups is 3. The molecule has 412 valence electrons. The van der Waals surface area contributed by atoms with E-state index >= 15 is 0 Å². The Morgan fingerprint density at radius 3 is 0.903 bits per heavy atom. The molecule has 0 saturated heterocycles. The van der Waals surface area contributed by atoms with E-state index in [1.54, 1.807) is 0 Å². The van der Waals surface area contributed by atoms with Gasteiger partial charge < -0.3 is 14.2 Å². The van der Waals surface area contributed by atoms with E-state index in [0.29, 0.717) is 19.3 Å². The highest BCUT2D eigenvalue weighted by molar-refractivity contribution is 5.71. The van der Waals surface area contributed by atoms with Gasteiger partial charge in [0.2, 0.25) is 0 Å². The average Bonchev–Trinajstić information content (AvgIpc) is 3.38. The number of hydrogen-bond acceptors (Lipinski definition) is 6. The van der Waals surface area contributed by atoms with Gasteiger partial charge in [-0.2, -0.15) is 0 Å². The van der Waals surface area contributed by atoms with Gasteiger partial charge in [-0.15, -0.1) is 0 Å². The zero-order valence-electron chi connectivity index (χ0n) is 47.2. The lowest BCUT2D eigenvalue weighted by molar-refractivity contribution is -0.167. The normalized spacial score (nSPS) is 12.8. The summed E-state index contributed by atoms with van der Waals surface area (Å²) in [6, 6.07) is 0. The zero-order chi connectivity index (χ0) is 52.2. The Balaban J connectivity index is 4.45. The summed E-state index contributed by atoms with van der Waals surface area (Å²) in [6.07, 6.45) is 79.7. The van der Waals surface area contributed by atoms with Crippen LogP contribution < -0.4 is 0 Å². The number of carbonyl (C=O) groups excluding carboxylic acids is 3. The molecule has 0 aromatic carbocycles. The van der Waals surface area contributed by atoms with E-state index in [-0.39, 0.29) is 31.1 Å². The van der Waals surface area contributed by atoms with E-state index in [9.17, 15) is 14.4 Å². The Morgan fingerprint density at radius 2 is 0.542 bits per heavy atom. The molecule has 1 unspecified atom stereocenters. The fourth-order valence-electron chi connectivity index (χ4n) is 8.47. The van der Waals surface area contributed by atoms with Crippen LogP contribution in [0.1, 0.15) is 284 Å². The van der Waals surface area contributed by atoms with E-state index in [4.69, 9.17) is 14.2 Å². The topological polar surface area (TPSA) is 78.9 Å². The Labute approximate surface area is 445 Å². The molecule has 0 fully saturated rings. The Bertz CT molecular complexity index is 1430. The number of allylic oxidation sites excluding steroid dienone is 16. The predicted molar refractivity (Wildman–Crippen MR) is 311 cm³/mol. The first-order valence-electron chi connectivity index (χ1n) is 30.3. The van der Waals surface area contributed by atoms with Gasteiger partial charge in [-0.05, 0) is 64.2 Å². The van der Waals surface area contributed by atoms with E-state index < -0.39 is 6.10 Å². The Hall–Kier alpha value is -3.67. The predicted octanol–water partition coefficient (Wildman–Crippen LogP) is 20.5. The average molecular weight is 1000 g/mol. The smallest absolute Gasteiger partial charge is 0.306 e. The molecule has 0 heterocycles. The lowest BCUT2D eigenvalue weighted by Gasteiger charge is -2.18. The molecule has 0 aromatic heterocycles. The van der Waals surface area contributed by atoms with E-state index in [0.717, 1.165) is 70.6 Å². The molecule has 0 bridgehead atoms. The second-order valence-corrected chi connectivity index (χ2v) is 20.1. The Kier molecular flexibility index (Phi) is 56.8. The summed E-state index contributed by atoms with van der Waals surface area (Å²) in [7, 11) is 0. The first-order valence-corrected chi connectivity index (χ1v) is 30.3. The van der Waals surface area contributed by atoms with Gasteiger partial charge in [-0.3, -0.25) is 14.4 Å². The molecule has 72 heavy (non-hydrogen) atoms. The van der Waals surface area contributed by atoms with Crippen molar-refractivity contribution in [1.29, 1.82) is 0 Å². The van der Waals surface area contributed by atoms with Crippen molar-refractivity contribution in [2.45, 2.75) is 290 Å². The minimum atomic E-state index is -0.798. The van der Waals surface area contributed by atoms with Crippen molar-refractivity contribution < 1.29 is 28.6 Å². The second-order valence-electron chi connectivity index (χ2n) is 20.1. The summed E-state index contributed by atoms with van der Waals surface area (Å²) in [5.74, 6) is -0.931. The van der Waals surface area contributed by atoms with Gasteiger partial charge in [-0.1, -0.05) is 298 Å². The molecule has 6 heteroatoms. The monoisotopic (exact) mass is 1000 g/mol. The van der Waals surface area contributed by atoms with Crippen molar-refractivity contribution in [1.82, 2.24) is 0 Å². The molecule has 0 spiro atoms.